The van der Waals surface area contributed by atoms with Gasteiger partial charge in [0.1, 0.15) is 4.90 Å². The second-order valence-corrected chi connectivity index (χ2v) is 7.20. The fourth-order valence-electron chi connectivity index (χ4n) is 1.85. The molecule has 1 saturated heterocycles. The third kappa shape index (κ3) is 3.13. The van der Waals surface area contributed by atoms with E-state index in [0.29, 0.717) is 24.0 Å². The molecule has 0 aliphatic carbocycles. The number of nitrogens with zero attached hydrogens (tertiary/aromatic N) is 3. The van der Waals surface area contributed by atoms with Crippen molar-refractivity contribution in [2.75, 3.05) is 26.7 Å². The number of carbonyl (C=O) groups excluding carboxylic acids is 1. The van der Waals surface area contributed by atoms with Gasteiger partial charge in [0, 0.05) is 37.0 Å². The number of sulfonamides is 1. The fraction of sp³-hybridized carbons (Fsp3) is 0.455. The molecular weight excluding hydrogens is 334 g/mol. The minimum absolute atomic E-state index is 0.0965. The van der Waals surface area contributed by atoms with Gasteiger partial charge in [0.15, 0.2) is 0 Å². The van der Waals surface area contributed by atoms with E-state index in [1.165, 1.54) is 22.8 Å². The Hall–Kier alpha value is -0.990. The largest absolute Gasteiger partial charge is 0.345 e. The Kier molecular flexibility index (Phi) is 4.22. The van der Waals surface area contributed by atoms with Crippen LogP contribution in [0.1, 0.15) is 6.42 Å². The summed E-state index contributed by atoms with van der Waals surface area (Å²) in [5.41, 5.74) is 0. The van der Waals surface area contributed by atoms with E-state index in [-0.39, 0.29) is 17.3 Å². The molecule has 1 fully saturated rings. The van der Waals surface area contributed by atoms with E-state index in [4.69, 9.17) is 0 Å². The first kappa shape index (κ1) is 14.4. The smallest absolute Gasteiger partial charge is 0.245 e. The lowest BCUT2D eigenvalue weighted by atomic mass is 10.4. The lowest BCUT2D eigenvalue weighted by Crippen LogP contribution is -2.38. The number of carbonyl (C=O) groups is 1. The average molecular weight is 348 g/mol. The molecule has 0 spiro atoms. The van der Waals surface area contributed by atoms with Crippen LogP contribution in [0, 0.1) is 0 Å². The van der Waals surface area contributed by atoms with Gasteiger partial charge in [-0.2, -0.15) is 4.31 Å². The van der Waals surface area contributed by atoms with Gasteiger partial charge in [-0.25, -0.2) is 8.42 Å². The van der Waals surface area contributed by atoms with E-state index >= 15 is 0 Å². The molecule has 19 heavy (non-hydrogen) atoms. The molecule has 0 bridgehead atoms. The number of hydrogen-bond donors (Lipinski definition) is 0. The van der Waals surface area contributed by atoms with Crippen molar-refractivity contribution in [1.82, 2.24) is 14.2 Å². The Morgan fingerprint density at radius 3 is 2.74 bits per heavy atom. The number of aromatic nitrogens is 1. The predicted molar refractivity (Wildman–Crippen MR) is 72.9 cm³/mol. The summed E-state index contributed by atoms with van der Waals surface area (Å²) in [4.78, 5) is 17.3. The summed E-state index contributed by atoms with van der Waals surface area (Å²) in [6, 6.07) is 1.49. The molecule has 2 heterocycles. The zero-order valence-corrected chi connectivity index (χ0v) is 12.8. The highest BCUT2D eigenvalue weighted by Crippen LogP contribution is 2.20. The van der Waals surface area contributed by atoms with Crippen molar-refractivity contribution in [2.24, 2.45) is 0 Å². The van der Waals surface area contributed by atoms with Gasteiger partial charge >= 0.3 is 0 Å². The second kappa shape index (κ2) is 5.56. The van der Waals surface area contributed by atoms with Crippen LogP contribution < -0.4 is 0 Å². The maximum Gasteiger partial charge on any atom is 0.245 e. The Balaban J connectivity index is 2.31. The molecule has 1 amide bonds. The minimum atomic E-state index is -3.67. The molecule has 0 saturated carbocycles. The van der Waals surface area contributed by atoms with Gasteiger partial charge in [-0.1, -0.05) is 0 Å². The standard InChI is InChI=1S/C11H14BrN3O3S/c1-14-3-2-4-15(8-11(14)16)19(17,18)10-5-9(12)6-13-7-10/h5-7H,2-4,8H2,1H3. The predicted octanol–water partition coefficient (Wildman–Crippen LogP) is 0.697. The molecule has 8 heteroatoms. The van der Waals surface area contributed by atoms with E-state index in [1.807, 2.05) is 0 Å². The van der Waals surface area contributed by atoms with Gasteiger partial charge in [0.2, 0.25) is 15.9 Å². The summed E-state index contributed by atoms with van der Waals surface area (Å²) < 4.78 is 26.7. The van der Waals surface area contributed by atoms with E-state index < -0.39 is 10.0 Å². The molecule has 6 nitrogen and oxygen atoms in total. The monoisotopic (exact) mass is 347 g/mol. The van der Waals surface area contributed by atoms with Crippen LogP contribution in [0.3, 0.4) is 0 Å². The Labute approximate surface area is 120 Å². The zero-order chi connectivity index (χ0) is 14.0. The molecule has 104 valence electrons. The van der Waals surface area contributed by atoms with Crippen molar-refractivity contribution >= 4 is 31.9 Å². The maximum atomic E-state index is 12.4. The SMILES string of the molecule is CN1CCCN(S(=O)(=O)c2cncc(Br)c2)CC1=O. The molecular formula is C11H14BrN3O3S. The fourth-order valence-corrected chi connectivity index (χ4v) is 3.78. The van der Waals surface area contributed by atoms with Crippen molar-refractivity contribution in [3.8, 4) is 0 Å². The molecule has 0 aromatic carbocycles. The third-order valence-corrected chi connectivity index (χ3v) is 5.20. The summed E-state index contributed by atoms with van der Waals surface area (Å²) in [6.45, 7) is 0.790. The van der Waals surface area contributed by atoms with Crippen LogP contribution in [0.4, 0.5) is 0 Å². The lowest BCUT2D eigenvalue weighted by molar-refractivity contribution is -0.129. The topological polar surface area (TPSA) is 70.6 Å². The molecule has 1 aromatic rings. The van der Waals surface area contributed by atoms with Crippen LogP contribution in [0.2, 0.25) is 0 Å². The van der Waals surface area contributed by atoms with Gasteiger partial charge in [0.05, 0.1) is 6.54 Å². The highest BCUT2D eigenvalue weighted by molar-refractivity contribution is 9.10. The highest BCUT2D eigenvalue weighted by Gasteiger charge is 2.29. The van der Waals surface area contributed by atoms with Crippen LogP contribution in [0.25, 0.3) is 0 Å². The summed E-state index contributed by atoms with van der Waals surface area (Å²) >= 11 is 3.19. The molecule has 0 atom stereocenters. The first-order chi connectivity index (χ1) is 8.91. The lowest BCUT2D eigenvalue weighted by Gasteiger charge is -2.19. The van der Waals surface area contributed by atoms with Gasteiger partial charge < -0.3 is 4.90 Å². The van der Waals surface area contributed by atoms with Crippen LogP contribution in [0.15, 0.2) is 27.8 Å². The first-order valence-corrected chi connectivity index (χ1v) is 7.99. The van der Waals surface area contributed by atoms with E-state index in [1.54, 1.807) is 11.9 Å². The number of likely N-dealkylation sites (N-methyl/N-ethyl adjacent to an activating group) is 1. The van der Waals surface area contributed by atoms with Crippen molar-refractivity contribution in [2.45, 2.75) is 11.3 Å². The zero-order valence-electron chi connectivity index (χ0n) is 10.4. The van der Waals surface area contributed by atoms with Crippen molar-refractivity contribution in [3.63, 3.8) is 0 Å². The van der Waals surface area contributed by atoms with Crippen molar-refractivity contribution in [3.05, 3.63) is 22.9 Å². The molecule has 2 rings (SSSR count). The Morgan fingerprint density at radius 1 is 1.32 bits per heavy atom. The molecule has 1 aromatic heterocycles. The summed E-state index contributed by atoms with van der Waals surface area (Å²) in [5.74, 6) is -0.191. The third-order valence-electron chi connectivity index (χ3n) is 2.96. The maximum absolute atomic E-state index is 12.4. The normalized spacial score (nSPS) is 18.4. The van der Waals surface area contributed by atoms with Crippen molar-refractivity contribution < 1.29 is 13.2 Å². The number of pyridine rings is 1. The van der Waals surface area contributed by atoms with Crippen LogP contribution >= 0.6 is 15.9 Å². The van der Waals surface area contributed by atoms with E-state index in [0.717, 1.165) is 0 Å². The van der Waals surface area contributed by atoms with Crippen LogP contribution in [0.5, 0.6) is 0 Å². The molecule has 1 aliphatic rings. The number of rotatable bonds is 2. The minimum Gasteiger partial charge on any atom is -0.345 e. The van der Waals surface area contributed by atoms with E-state index in [2.05, 4.69) is 20.9 Å². The van der Waals surface area contributed by atoms with Gasteiger partial charge in [0.25, 0.3) is 0 Å². The molecule has 1 aliphatic heterocycles. The quantitative estimate of drug-likeness (QED) is 0.789. The summed E-state index contributed by atoms with van der Waals surface area (Å²) in [6.07, 6.45) is 3.43. The number of halogens is 1. The average Bonchev–Trinajstić information content (AvgIpc) is 2.52. The van der Waals surface area contributed by atoms with Gasteiger partial charge in [-0.05, 0) is 28.4 Å². The number of hydrogen-bond acceptors (Lipinski definition) is 4. The van der Waals surface area contributed by atoms with Crippen LogP contribution in [-0.4, -0.2) is 55.2 Å². The Bertz CT molecular complexity index is 591. The molecule has 0 unspecified atom stereocenters. The van der Waals surface area contributed by atoms with E-state index in [9.17, 15) is 13.2 Å². The number of amides is 1. The Morgan fingerprint density at radius 2 is 2.05 bits per heavy atom. The van der Waals surface area contributed by atoms with Crippen LogP contribution in [-0.2, 0) is 14.8 Å². The summed E-state index contributed by atoms with van der Waals surface area (Å²) in [5, 5.41) is 0. The van der Waals surface area contributed by atoms with Gasteiger partial charge in [-0.15, -0.1) is 0 Å². The van der Waals surface area contributed by atoms with Gasteiger partial charge in [-0.3, -0.25) is 9.78 Å². The first-order valence-electron chi connectivity index (χ1n) is 5.76. The molecule has 0 N–H and O–H groups in total. The molecule has 0 radical (unpaired) electrons. The highest BCUT2D eigenvalue weighted by atomic mass is 79.9. The van der Waals surface area contributed by atoms with Crippen molar-refractivity contribution in [1.29, 1.82) is 0 Å². The summed E-state index contributed by atoms with van der Waals surface area (Å²) in [7, 11) is -1.99. The second-order valence-electron chi connectivity index (χ2n) is 4.35.